The van der Waals surface area contributed by atoms with Crippen LogP contribution in [0.2, 0.25) is 0 Å². The first-order chi connectivity index (χ1) is 14.9. The fraction of sp³-hybridized carbons (Fsp3) is 0.318. The van der Waals surface area contributed by atoms with Gasteiger partial charge in [0.1, 0.15) is 16.9 Å². The maximum atomic E-state index is 12.8. The number of nitrogens with one attached hydrogen (secondary N) is 1. The Morgan fingerprint density at radius 2 is 1.72 bits per heavy atom. The Labute approximate surface area is 183 Å². The molecule has 3 N–H and O–H groups in total. The summed E-state index contributed by atoms with van der Waals surface area (Å²) < 4.78 is 10.3. The van der Waals surface area contributed by atoms with E-state index in [1.165, 1.54) is 25.1 Å². The van der Waals surface area contributed by atoms with Crippen LogP contribution >= 0.6 is 0 Å². The summed E-state index contributed by atoms with van der Waals surface area (Å²) in [5.74, 6) is -3.76. The number of carbonyl (C=O) groups excluding carboxylic acids is 5. The number of esters is 1. The lowest BCUT2D eigenvalue weighted by molar-refractivity contribution is 0.0500. The van der Waals surface area contributed by atoms with Crippen LogP contribution in [-0.4, -0.2) is 46.6 Å². The number of amides is 4. The maximum Gasteiger partial charge on any atom is 0.342 e. The van der Waals surface area contributed by atoms with Crippen molar-refractivity contribution in [2.45, 2.75) is 40.2 Å². The second-order valence-electron chi connectivity index (χ2n) is 8.15. The summed E-state index contributed by atoms with van der Waals surface area (Å²) in [5.41, 5.74) is 4.49. The van der Waals surface area contributed by atoms with E-state index in [4.69, 9.17) is 14.9 Å². The van der Waals surface area contributed by atoms with E-state index in [2.05, 4.69) is 5.32 Å². The molecule has 10 heteroatoms. The van der Waals surface area contributed by atoms with Crippen molar-refractivity contribution < 1.29 is 33.1 Å². The predicted molar refractivity (Wildman–Crippen MR) is 113 cm³/mol. The molecule has 0 saturated carbocycles. The van der Waals surface area contributed by atoms with E-state index >= 15 is 0 Å². The molecule has 2 heterocycles. The lowest BCUT2D eigenvalue weighted by Crippen LogP contribution is -2.45. The molecule has 2 aromatic rings. The number of aryl methyl sites for hydroxylation is 1. The quantitative estimate of drug-likeness (QED) is 0.535. The molecule has 1 aromatic heterocycles. The van der Waals surface area contributed by atoms with E-state index < -0.39 is 35.1 Å². The molecule has 0 aliphatic carbocycles. The Bertz CT molecular complexity index is 1170. The largest absolute Gasteiger partial charge is 0.462 e. The van der Waals surface area contributed by atoms with E-state index in [0.717, 1.165) is 4.90 Å². The standard InChI is InChI=1S/C22H23N3O7/c1-6-31-21(30)14-10(2)32-18(15(14)16(23)26)24-17(27)11-7-8-12-13(9-11)20(29)25(19(12)28)22(3,4)5/h7-9H,6H2,1-5H3,(H2,23,26)(H,24,27). The van der Waals surface area contributed by atoms with E-state index in [1.807, 2.05) is 0 Å². The van der Waals surface area contributed by atoms with Crippen LogP contribution in [0, 0.1) is 6.92 Å². The lowest BCUT2D eigenvalue weighted by atomic mass is 10.1. The summed E-state index contributed by atoms with van der Waals surface area (Å²) in [7, 11) is 0. The molecule has 0 radical (unpaired) electrons. The molecule has 0 bridgehead atoms. The van der Waals surface area contributed by atoms with Gasteiger partial charge in [-0.3, -0.25) is 29.4 Å². The van der Waals surface area contributed by atoms with Gasteiger partial charge in [0.2, 0.25) is 5.88 Å². The van der Waals surface area contributed by atoms with E-state index in [-0.39, 0.29) is 46.1 Å². The molecule has 1 aliphatic heterocycles. The van der Waals surface area contributed by atoms with Crippen molar-refractivity contribution >= 4 is 35.5 Å². The highest BCUT2D eigenvalue weighted by atomic mass is 16.5. The van der Waals surface area contributed by atoms with Crippen LogP contribution in [0.1, 0.15) is 85.2 Å². The highest BCUT2D eigenvalue weighted by molar-refractivity contribution is 6.23. The number of ether oxygens (including phenoxy) is 1. The molecule has 3 rings (SSSR count). The zero-order chi connectivity index (χ0) is 24.0. The van der Waals surface area contributed by atoms with Gasteiger partial charge in [0.05, 0.1) is 17.7 Å². The molecule has 32 heavy (non-hydrogen) atoms. The number of fused-ring (bicyclic) bond motifs is 1. The van der Waals surface area contributed by atoms with Crippen molar-refractivity contribution in [1.29, 1.82) is 0 Å². The molecular formula is C22H23N3O7. The fourth-order valence-electron chi connectivity index (χ4n) is 3.48. The monoisotopic (exact) mass is 441 g/mol. The van der Waals surface area contributed by atoms with Crippen molar-refractivity contribution in [2.75, 3.05) is 11.9 Å². The molecule has 1 aliphatic rings. The number of hydrogen-bond donors (Lipinski definition) is 2. The summed E-state index contributed by atoms with van der Waals surface area (Å²) >= 11 is 0. The first-order valence-corrected chi connectivity index (χ1v) is 9.83. The molecule has 4 amide bonds. The van der Waals surface area contributed by atoms with Crippen LogP contribution in [0.5, 0.6) is 0 Å². The number of benzene rings is 1. The predicted octanol–water partition coefficient (Wildman–Crippen LogP) is 2.51. The number of rotatable bonds is 5. The molecule has 0 atom stereocenters. The Morgan fingerprint density at radius 3 is 2.28 bits per heavy atom. The first-order valence-electron chi connectivity index (χ1n) is 9.83. The van der Waals surface area contributed by atoms with Gasteiger partial charge < -0.3 is 14.9 Å². The first kappa shape index (κ1) is 22.7. The number of nitrogens with zero attached hydrogens (tertiary/aromatic N) is 1. The topological polar surface area (TPSA) is 149 Å². The van der Waals surface area contributed by atoms with Gasteiger partial charge in [-0.1, -0.05) is 0 Å². The van der Waals surface area contributed by atoms with Crippen LogP contribution in [0.3, 0.4) is 0 Å². The Morgan fingerprint density at radius 1 is 1.09 bits per heavy atom. The number of furan rings is 1. The van der Waals surface area contributed by atoms with Crippen LogP contribution in [0.4, 0.5) is 5.88 Å². The van der Waals surface area contributed by atoms with Crippen molar-refractivity contribution in [1.82, 2.24) is 4.90 Å². The SMILES string of the molecule is CCOC(=O)c1c(C)oc(NC(=O)c2ccc3c(c2)C(=O)N(C(C)(C)C)C3=O)c1C(N)=O. The van der Waals surface area contributed by atoms with Crippen molar-refractivity contribution in [3.63, 3.8) is 0 Å². The Balaban J connectivity index is 1.95. The zero-order valence-electron chi connectivity index (χ0n) is 18.3. The minimum absolute atomic E-state index is 0.0443. The van der Waals surface area contributed by atoms with Gasteiger partial charge in [-0.05, 0) is 52.8 Å². The van der Waals surface area contributed by atoms with Gasteiger partial charge in [-0.2, -0.15) is 0 Å². The normalized spacial score (nSPS) is 13.2. The summed E-state index contributed by atoms with van der Waals surface area (Å²) in [4.78, 5) is 63.5. The molecule has 10 nitrogen and oxygen atoms in total. The third-order valence-corrected chi connectivity index (χ3v) is 4.86. The number of primary amides is 1. The summed E-state index contributed by atoms with van der Waals surface area (Å²) in [6, 6.07) is 4.06. The second kappa shape index (κ2) is 7.95. The van der Waals surface area contributed by atoms with Crippen molar-refractivity contribution in [2.24, 2.45) is 5.73 Å². The van der Waals surface area contributed by atoms with E-state index in [0.29, 0.717) is 0 Å². The number of imide groups is 1. The Hall–Kier alpha value is -3.95. The van der Waals surface area contributed by atoms with E-state index in [9.17, 15) is 24.0 Å². The van der Waals surface area contributed by atoms with Gasteiger partial charge in [0, 0.05) is 11.1 Å². The third-order valence-electron chi connectivity index (χ3n) is 4.86. The van der Waals surface area contributed by atoms with Crippen molar-refractivity contribution in [3.05, 3.63) is 51.8 Å². The number of hydrogen-bond acceptors (Lipinski definition) is 7. The van der Waals surface area contributed by atoms with Gasteiger partial charge in [0.15, 0.2) is 0 Å². The number of nitrogens with two attached hydrogens (primary N) is 1. The minimum Gasteiger partial charge on any atom is -0.462 e. The van der Waals surface area contributed by atoms with E-state index in [1.54, 1.807) is 27.7 Å². The Kier molecular flexibility index (Phi) is 5.65. The van der Waals surface area contributed by atoms with Gasteiger partial charge >= 0.3 is 5.97 Å². The summed E-state index contributed by atoms with van der Waals surface area (Å²) in [6.07, 6.45) is 0. The smallest absolute Gasteiger partial charge is 0.342 e. The second-order valence-corrected chi connectivity index (χ2v) is 8.15. The molecule has 1 aromatic carbocycles. The lowest BCUT2D eigenvalue weighted by Gasteiger charge is -2.29. The number of carbonyl (C=O) groups is 5. The van der Waals surface area contributed by atoms with Gasteiger partial charge in [-0.15, -0.1) is 0 Å². The molecule has 0 fully saturated rings. The summed E-state index contributed by atoms with van der Waals surface area (Å²) in [6.45, 7) is 8.28. The van der Waals surface area contributed by atoms with Crippen LogP contribution in [0.15, 0.2) is 22.6 Å². The van der Waals surface area contributed by atoms with Crippen molar-refractivity contribution in [3.8, 4) is 0 Å². The van der Waals surface area contributed by atoms with Crippen LogP contribution in [0.25, 0.3) is 0 Å². The molecular weight excluding hydrogens is 418 g/mol. The highest BCUT2D eigenvalue weighted by Gasteiger charge is 2.42. The highest BCUT2D eigenvalue weighted by Crippen LogP contribution is 2.31. The molecule has 0 spiro atoms. The average molecular weight is 441 g/mol. The zero-order valence-corrected chi connectivity index (χ0v) is 18.3. The van der Waals surface area contributed by atoms with Crippen LogP contribution < -0.4 is 11.1 Å². The number of anilines is 1. The molecule has 0 unspecified atom stereocenters. The maximum absolute atomic E-state index is 12.8. The minimum atomic E-state index is -0.990. The van der Waals surface area contributed by atoms with Gasteiger partial charge in [0.25, 0.3) is 23.6 Å². The molecule has 0 saturated heterocycles. The van der Waals surface area contributed by atoms with Gasteiger partial charge in [-0.25, -0.2) is 4.79 Å². The molecule has 168 valence electrons. The van der Waals surface area contributed by atoms with Crippen LogP contribution in [-0.2, 0) is 4.74 Å². The fourth-order valence-corrected chi connectivity index (χ4v) is 3.48. The average Bonchev–Trinajstić information content (AvgIpc) is 3.15. The summed E-state index contributed by atoms with van der Waals surface area (Å²) in [5, 5.41) is 2.40. The third kappa shape index (κ3) is 3.75.